The van der Waals surface area contributed by atoms with E-state index >= 15 is 0 Å². The Balaban J connectivity index is 2.64. The van der Waals surface area contributed by atoms with E-state index in [1.807, 2.05) is 0 Å². The van der Waals surface area contributed by atoms with Gasteiger partial charge in [-0.2, -0.15) is 0 Å². The molecule has 0 aliphatic rings. The molecular formula is C11H6F2N2O2. The van der Waals surface area contributed by atoms with Crippen LogP contribution >= 0.6 is 0 Å². The minimum atomic E-state index is -0.883. The molecule has 0 aliphatic carbocycles. The molecule has 0 bridgehead atoms. The second kappa shape index (κ2) is 4.25. The van der Waals surface area contributed by atoms with Crippen molar-refractivity contribution in [1.82, 2.24) is 4.98 Å². The Labute approximate surface area is 94.7 Å². The zero-order chi connectivity index (χ0) is 12.4. The Morgan fingerprint density at radius 2 is 2.00 bits per heavy atom. The number of hydrogen-bond donors (Lipinski definition) is 0. The van der Waals surface area contributed by atoms with Crippen LogP contribution in [0.2, 0.25) is 0 Å². The van der Waals surface area contributed by atoms with Gasteiger partial charge < -0.3 is 0 Å². The second-order valence-corrected chi connectivity index (χ2v) is 3.25. The maximum atomic E-state index is 13.5. The molecule has 4 nitrogen and oxygen atoms in total. The van der Waals surface area contributed by atoms with Gasteiger partial charge in [0.2, 0.25) is 0 Å². The molecular weight excluding hydrogens is 230 g/mol. The summed E-state index contributed by atoms with van der Waals surface area (Å²) >= 11 is 0. The van der Waals surface area contributed by atoms with Crippen LogP contribution in [-0.4, -0.2) is 9.91 Å². The number of rotatable bonds is 2. The topological polar surface area (TPSA) is 56.0 Å². The van der Waals surface area contributed by atoms with Crippen LogP contribution in [0.3, 0.4) is 0 Å². The molecule has 0 saturated carbocycles. The molecule has 0 aliphatic heterocycles. The van der Waals surface area contributed by atoms with Crippen LogP contribution in [0.4, 0.5) is 14.5 Å². The summed E-state index contributed by atoms with van der Waals surface area (Å²) in [6, 6.07) is 5.40. The normalized spacial score (nSPS) is 10.2. The van der Waals surface area contributed by atoms with Gasteiger partial charge in [-0.1, -0.05) is 0 Å². The number of benzene rings is 1. The molecule has 1 aromatic carbocycles. The summed E-state index contributed by atoms with van der Waals surface area (Å²) in [6.45, 7) is 0. The van der Waals surface area contributed by atoms with Crippen LogP contribution in [0.1, 0.15) is 0 Å². The minimum absolute atomic E-state index is 0.0984. The highest BCUT2D eigenvalue weighted by molar-refractivity contribution is 5.69. The summed E-state index contributed by atoms with van der Waals surface area (Å²) in [5.74, 6) is -1.63. The van der Waals surface area contributed by atoms with Gasteiger partial charge in [-0.25, -0.2) is 13.8 Å². The molecule has 17 heavy (non-hydrogen) atoms. The van der Waals surface area contributed by atoms with Gasteiger partial charge in [-0.15, -0.1) is 0 Å². The van der Waals surface area contributed by atoms with E-state index < -0.39 is 16.6 Å². The minimum Gasteiger partial charge on any atom is -0.258 e. The van der Waals surface area contributed by atoms with Crippen molar-refractivity contribution in [3.8, 4) is 11.3 Å². The highest BCUT2D eigenvalue weighted by atomic mass is 19.1. The first-order valence-electron chi connectivity index (χ1n) is 4.64. The van der Waals surface area contributed by atoms with Gasteiger partial charge in [0.1, 0.15) is 11.6 Å². The van der Waals surface area contributed by atoms with Gasteiger partial charge in [0.25, 0.3) is 5.69 Å². The van der Waals surface area contributed by atoms with Crippen molar-refractivity contribution < 1.29 is 13.7 Å². The Kier molecular flexibility index (Phi) is 2.78. The smallest absolute Gasteiger partial charge is 0.258 e. The van der Waals surface area contributed by atoms with Crippen LogP contribution in [0, 0.1) is 21.7 Å². The first kappa shape index (κ1) is 11.1. The van der Waals surface area contributed by atoms with Gasteiger partial charge in [0.05, 0.1) is 4.92 Å². The fourth-order valence-electron chi connectivity index (χ4n) is 1.43. The van der Waals surface area contributed by atoms with E-state index in [2.05, 4.69) is 4.98 Å². The number of nitrogens with zero attached hydrogens (tertiary/aromatic N) is 2. The molecule has 0 saturated heterocycles. The second-order valence-electron chi connectivity index (χ2n) is 3.25. The Morgan fingerprint density at radius 1 is 1.24 bits per heavy atom. The lowest BCUT2D eigenvalue weighted by Gasteiger charge is -2.03. The predicted octanol–water partition coefficient (Wildman–Crippen LogP) is 2.94. The number of pyridine rings is 1. The van der Waals surface area contributed by atoms with E-state index in [0.717, 1.165) is 12.1 Å². The van der Waals surface area contributed by atoms with Crippen molar-refractivity contribution in [1.29, 1.82) is 0 Å². The SMILES string of the molecule is O=[N+]([O-])c1cccnc1-c1ccc(F)cc1F. The van der Waals surface area contributed by atoms with Gasteiger partial charge in [-0.05, 0) is 18.2 Å². The Hall–Kier alpha value is -2.37. The van der Waals surface area contributed by atoms with Crippen LogP contribution in [-0.2, 0) is 0 Å². The third-order valence-corrected chi connectivity index (χ3v) is 2.17. The number of aromatic nitrogens is 1. The van der Waals surface area contributed by atoms with Crippen LogP contribution in [0.15, 0.2) is 36.5 Å². The summed E-state index contributed by atoms with van der Waals surface area (Å²) in [5, 5.41) is 10.7. The maximum absolute atomic E-state index is 13.5. The van der Waals surface area contributed by atoms with Crippen molar-refractivity contribution >= 4 is 5.69 Å². The number of hydrogen-bond acceptors (Lipinski definition) is 3. The highest BCUT2D eigenvalue weighted by Gasteiger charge is 2.18. The fourth-order valence-corrected chi connectivity index (χ4v) is 1.43. The van der Waals surface area contributed by atoms with E-state index in [9.17, 15) is 18.9 Å². The molecule has 0 atom stereocenters. The molecule has 2 aromatic rings. The molecule has 86 valence electrons. The largest absolute Gasteiger partial charge is 0.295 e. The Morgan fingerprint density at radius 3 is 2.65 bits per heavy atom. The zero-order valence-corrected chi connectivity index (χ0v) is 8.43. The molecule has 0 N–H and O–H groups in total. The lowest BCUT2D eigenvalue weighted by atomic mass is 10.1. The molecule has 0 radical (unpaired) electrons. The lowest BCUT2D eigenvalue weighted by Crippen LogP contribution is -1.96. The standard InChI is InChI=1S/C11H6F2N2O2/c12-7-3-4-8(9(13)6-7)11-10(15(16)17)2-1-5-14-11/h1-6H. The summed E-state index contributed by atoms with van der Waals surface area (Å²) in [7, 11) is 0. The third-order valence-electron chi connectivity index (χ3n) is 2.17. The highest BCUT2D eigenvalue weighted by Crippen LogP contribution is 2.29. The average molecular weight is 236 g/mol. The third kappa shape index (κ3) is 2.10. The van der Waals surface area contributed by atoms with Crippen molar-refractivity contribution in [3.05, 3.63) is 58.3 Å². The molecule has 6 heteroatoms. The van der Waals surface area contributed by atoms with Gasteiger partial charge >= 0.3 is 0 Å². The van der Waals surface area contributed by atoms with Crippen LogP contribution < -0.4 is 0 Å². The fraction of sp³-hybridized carbons (Fsp3) is 0. The summed E-state index contributed by atoms with van der Waals surface area (Å²) in [6.07, 6.45) is 1.31. The van der Waals surface area contributed by atoms with Crippen molar-refractivity contribution in [2.75, 3.05) is 0 Å². The first-order chi connectivity index (χ1) is 8.09. The lowest BCUT2D eigenvalue weighted by molar-refractivity contribution is -0.384. The molecule has 1 heterocycles. The first-order valence-corrected chi connectivity index (χ1v) is 4.64. The maximum Gasteiger partial charge on any atom is 0.295 e. The predicted molar refractivity (Wildman–Crippen MR) is 56.2 cm³/mol. The van der Waals surface area contributed by atoms with E-state index in [1.165, 1.54) is 18.3 Å². The average Bonchev–Trinajstić information content (AvgIpc) is 2.29. The van der Waals surface area contributed by atoms with Crippen LogP contribution in [0.5, 0.6) is 0 Å². The molecule has 0 spiro atoms. The number of halogens is 2. The molecule has 0 amide bonds. The summed E-state index contributed by atoms with van der Waals surface area (Å²) < 4.78 is 26.2. The molecule has 1 aromatic heterocycles. The molecule has 0 unspecified atom stereocenters. The summed E-state index contributed by atoms with van der Waals surface area (Å²) in [5.41, 5.74) is -0.535. The van der Waals surface area contributed by atoms with Gasteiger partial charge in [-0.3, -0.25) is 10.1 Å². The van der Waals surface area contributed by atoms with Crippen LogP contribution in [0.25, 0.3) is 11.3 Å². The molecule has 2 rings (SSSR count). The zero-order valence-electron chi connectivity index (χ0n) is 8.43. The van der Waals surface area contributed by atoms with Crippen molar-refractivity contribution in [2.45, 2.75) is 0 Å². The van der Waals surface area contributed by atoms with Gasteiger partial charge in [0, 0.05) is 23.9 Å². The number of nitro groups is 1. The van der Waals surface area contributed by atoms with E-state index in [0.29, 0.717) is 6.07 Å². The van der Waals surface area contributed by atoms with E-state index in [4.69, 9.17) is 0 Å². The quantitative estimate of drug-likeness (QED) is 0.595. The van der Waals surface area contributed by atoms with Gasteiger partial charge in [0.15, 0.2) is 5.69 Å². The molecule has 0 fully saturated rings. The van der Waals surface area contributed by atoms with Crippen molar-refractivity contribution in [3.63, 3.8) is 0 Å². The Bertz CT molecular complexity index is 587. The monoisotopic (exact) mass is 236 g/mol. The van der Waals surface area contributed by atoms with Crippen molar-refractivity contribution in [2.24, 2.45) is 0 Å². The summed E-state index contributed by atoms with van der Waals surface area (Å²) in [4.78, 5) is 13.8. The van der Waals surface area contributed by atoms with E-state index in [-0.39, 0.29) is 16.9 Å². The van der Waals surface area contributed by atoms with E-state index in [1.54, 1.807) is 0 Å².